The molecule has 0 bridgehead atoms. The minimum atomic E-state index is -0.422. The van der Waals surface area contributed by atoms with Crippen molar-refractivity contribution in [3.8, 4) is 0 Å². The zero-order valence-corrected chi connectivity index (χ0v) is 7.63. The van der Waals surface area contributed by atoms with Gasteiger partial charge in [-0.2, -0.15) is 0 Å². The van der Waals surface area contributed by atoms with Gasteiger partial charge in [0.05, 0.1) is 6.61 Å². The largest absolute Gasteiger partial charge is 0.466 e. The first-order valence-electron chi connectivity index (χ1n) is 4.03. The molecule has 0 saturated carbocycles. The first kappa shape index (κ1) is 10.3. The quantitative estimate of drug-likeness (QED) is 0.556. The molecule has 0 spiro atoms. The fourth-order valence-electron chi connectivity index (χ4n) is 0.875. The maximum absolute atomic E-state index is 11.0. The minimum absolute atomic E-state index is 0.0392. The lowest BCUT2D eigenvalue weighted by molar-refractivity contribution is -0.142. The zero-order valence-electron chi connectivity index (χ0n) is 7.63. The number of carbonyl (C=O) groups excluding carboxylic acids is 2. The number of hydrogen-bond donors (Lipinski definition) is 0. The van der Waals surface area contributed by atoms with Crippen LogP contribution in [0.5, 0.6) is 0 Å². The molecule has 75 valence electrons. The van der Waals surface area contributed by atoms with E-state index in [1.54, 1.807) is 13.2 Å². The van der Waals surface area contributed by atoms with Gasteiger partial charge in [-0.05, 0) is 17.4 Å². The van der Waals surface area contributed by atoms with Gasteiger partial charge >= 0.3 is 5.97 Å². The van der Waals surface area contributed by atoms with Crippen molar-refractivity contribution in [2.45, 2.75) is 19.9 Å². The van der Waals surface area contributed by atoms with Crippen LogP contribution in [-0.4, -0.2) is 39.1 Å². The highest BCUT2D eigenvalue weighted by Crippen LogP contribution is 1.94. The number of hydrogen-bond acceptors (Lipinski definition) is 6. The van der Waals surface area contributed by atoms with Crippen molar-refractivity contribution in [1.82, 2.24) is 20.2 Å². The molecule has 0 aliphatic carbocycles. The molecule has 0 saturated heterocycles. The molecular weight excluding hydrogens is 188 g/mol. The monoisotopic (exact) mass is 197 g/mol. The second-order valence-corrected chi connectivity index (χ2v) is 2.38. The Morgan fingerprint density at radius 3 is 3.07 bits per heavy atom. The molecule has 7 heteroatoms. The van der Waals surface area contributed by atoms with E-state index >= 15 is 0 Å². The van der Waals surface area contributed by atoms with E-state index in [2.05, 4.69) is 15.5 Å². The van der Waals surface area contributed by atoms with Gasteiger partial charge in [0.1, 0.15) is 13.0 Å². The fraction of sp³-hybridized carbons (Fsp3) is 0.571. The predicted octanol–water partition coefficient (Wildman–Crippen LogP) is -1.11. The molecule has 1 aromatic rings. The minimum Gasteiger partial charge on any atom is -0.466 e. The van der Waals surface area contributed by atoms with Gasteiger partial charge < -0.3 is 4.74 Å². The number of aromatic nitrogens is 4. The van der Waals surface area contributed by atoms with Crippen LogP contribution in [0.3, 0.4) is 0 Å². The van der Waals surface area contributed by atoms with Crippen molar-refractivity contribution < 1.29 is 14.3 Å². The fourth-order valence-corrected chi connectivity index (χ4v) is 0.875. The summed E-state index contributed by atoms with van der Waals surface area (Å²) in [5, 5.41) is 10.4. The topological polar surface area (TPSA) is 87.0 Å². The van der Waals surface area contributed by atoms with Crippen molar-refractivity contribution in [2.24, 2.45) is 0 Å². The standard InChI is InChI=1S/C7H9N4O3/c1-2-14-7(13)5-6-8-9-10-11(6)3-4-12/h2-3,5H2,1H3. The molecule has 0 aromatic carbocycles. The van der Waals surface area contributed by atoms with Crippen LogP contribution in [0.1, 0.15) is 12.7 Å². The Morgan fingerprint density at radius 2 is 2.43 bits per heavy atom. The molecule has 0 aliphatic rings. The van der Waals surface area contributed by atoms with Gasteiger partial charge in [-0.1, -0.05) is 0 Å². The van der Waals surface area contributed by atoms with Gasteiger partial charge in [0.2, 0.25) is 6.29 Å². The summed E-state index contributed by atoms with van der Waals surface area (Å²) < 4.78 is 5.90. The smallest absolute Gasteiger partial charge is 0.313 e. The van der Waals surface area contributed by atoms with Crippen molar-refractivity contribution >= 4 is 12.3 Å². The highest BCUT2D eigenvalue weighted by molar-refractivity contribution is 5.71. The van der Waals surface area contributed by atoms with Crippen molar-refractivity contribution in [3.63, 3.8) is 0 Å². The van der Waals surface area contributed by atoms with Crippen LogP contribution in [0.4, 0.5) is 0 Å². The first-order valence-corrected chi connectivity index (χ1v) is 4.03. The molecular formula is C7H9N4O3. The number of carbonyl (C=O) groups is 1. The van der Waals surface area contributed by atoms with Crippen LogP contribution >= 0.6 is 0 Å². The second kappa shape index (κ2) is 5.05. The summed E-state index contributed by atoms with van der Waals surface area (Å²) in [4.78, 5) is 21.1. The lowest BCUT2D eigenvalue weighted by Gasteiger charge is -2.00. The lowest BCUT2D eigenvalue weighted by atomic mass is 10.4. The van der Waals surface area contributed by atoms with Crippen molar-refractivity contribution in [3.05, 3.63) is 5.82 Å². The molecule has 1 rings (SSSR count). The van der Waals surface area contributed by atoms with E-state index in [9.17, 15) is 9.59 Å². The summed E-state index contributed by atoms with van der Waals surface area (Å²) in [6.45, 7) is 1.93. The Morgan fingerprint density at radius 1 is 1.64 bits per heavy atom. The molecule has 0 atom stereocenters. The number of nitrogens with zero attached hydrogens (tertiary/aromatic N) is 4. The molecule has 7 nitrogen and oxygen atoms in total. The van der Waals surface area contributed by atoms with E-state index in [1.165, 1.54) is 4.68 Å². The molecule has 1 heterocycles. The summed E-state index contributed by atoms with van der Waals surface area (Å²) >= 11 is 0. The van der Waals surface area contributed by atoms with E-state index in [0.29, 0.717) is 12.4 Å². The zero-order chi connectivity index (χ0) is 10.4. The van der Waals surface area contributed by atoms with Crippen molar-refractivity contribution in [1.29, 1.82) is 0 Å². The summed E-state index contributed by atoms with van der Waals surface area (Å²) in [6.07, 6.45) is 1.59. The third-order valence-corrected chi connectivity index (χ3v) is 1.43. The number of tetrazole rings is 1. The normalized spacial score (nSPS) is 9.79. The Bertz CT molecular complexity index is 322. The molecule has 0 aliphatic heterocycles. The maximum Gasteiger partial charge on any atom is 0.313 e. The Kier molecular flexibility index (Phi) is 3.71. The number of ether oxygens (including phenoxy) is 1. The van der Waals surface area contributed by atoms with Crippen LogP contribution in [-0.2, 0) is 27.3 Å². The molecule has 0 amide bonds. The number of esters is 1. The summed E-state index contributed by atoms with van der Waals surface area (Å²) in [5.74, 6) is -0.124. The lowest BCUT2D eigenvalue weighted by Crippen LogP contribution is -2.14. The molecule has 1 aromatic heterocycles. The number of rotatable bonds is 5. The molecule has 1 radical (unpaired) electrons. The highest BCUT2D eigenvalue weighted by Gasteiger charge is 2.11. The summed E-state index contributed by atoms with van der Waals surface area (Å²) in [6, 6.07) is 0. The average Bonchev–Trinajstić information content (AvgIpc) is 2.54. The Hall–Kier alpha value is -1.79. The van der Waals surface area contributed by atoms with E-state index in [4.69, 9.17) is 4.74 Å². The van der Waals surface area contributed by atoms with Gasteiger partial charge in [0.25, 0.3) is 0 Å². The van der Waals surface area contributed by atoms with Gasteiger partial charge in [-0.3, -0.25) is 9.59 Å². The molecule has 14 heavy (non-hydrogen) atoms. The third kappa shape index (κ3) is 2.61. The van der Waals surface area contributed by atoms with Gasteiger partial charge in [0, 0.05) is 0 Å². The predicted molar refractivity (Wildman–Crippen MR) is 43.8 cm³/mol. The van der Waals surface area contributed by atoms with Crippen molar-refractivity contribution in [2.75, 3.05) is 6.61 Å². The van der Waals surface area contributed by atoms with E-state index in [1.807, 2.05) is 0 Å². The summed E-state index contributed by atoms with van der Waals surface area (Å²) in [5.41, 5.74) is 0. The van der Waals surface area contributed by atoms with Crippen LogP contribution < -0.4 is 0 Å². The average molecular weight is 197 g/mol. The van der Waals surface area contributed by atoms with E-state index in [-0.39, 0.29) is 13.0 Å². The molecule has 0 fully saturated rings. The van der Waals surface area contributed by atoms with Crippen LogP contribution in [0.15, 0.2) is 0 Å². The van der Waals surface area contributed by atoms with E-state index < -0.39 is 5.97 Å². The first-order chi connectivity index (χ1) is 6.77. The van der Waals surface area contributed by atoms with Gasteiger partial charge in [0.15, 0.2) is 5.82 Å². The van der Waals surface area contributed by atoms with Crippen LogP contribution in [0, 0.1) is 0 Å². The van der Waals surface area contributed by atoms with E-state index in [0.717, 1.165) is 0 Å². The SMILES string of the molecule is CCOC(=O)Cc1nnnn1C[C]=O. The van der Waals surface area contributed by atoms with Gasteiger partial charge in [-0.15, -0.1) is 5.10 Å². The van der Waals surface area contributed by atoms with Gasteiger partial charge in [-0.25, -0.2) is 4.68 Å². The highest BCUT2D eigenvalue weighted by atomic mass is 16.5. The second-order valence-electron chi connectivity index (χ2n) is 2.38. The third-order valence-electron chi connectivity index (χ3n) is 1.43. The van der Waals surface area contributed by atoms with Crippen LogP contribution in [0.25, 0.3) is 0 Å². The molecule has 0 unspecified atom stereocenters. The Balaban J connectivity index is 2.61. The van der Waals surface area contributed by atoms with Crippen LogP contribution in [0.2, 0.25) is 0 Å². The maximum atomic E-state index is 11.0. The summed E-state index contributed by atoms with van der Waals surface area (Å²) in [7, 11) is 0. The molecule has 0 N–H and O–H groups in total. The Labute approximate surface area is 80.0 Å².